The molecule has 0 unspecified atom stereocenters. The van der Waals surface area contributed by atoms with E-state index in [9.17, 15) is 4.79 Å². The van der Waals surface area contributed by atoms with E-state index in [2.05, 4.69) is 17.2 Å². The highest BCUT2D eigenvalue weighted by Crippen LogP contribution is 2.38. The van der Waals surface area contributed by atoms with Gasteiger partial charge >= 0.3 is 5.76 Å². The van der Waals surface area contributed by atoms with Gasteiger partial charge < -0.3 is 15.5 Å². The van der Waals surface area contributed by atoms with Crippen LogP contribution in [0.2, 0.25) is 0 Å². The van der Waals surface area contributed by atoms with Gasteiger partial charge in [0.2, 0.25) is 0 Å². The van der Waals surface area contributed by atoms with Crippen LogP contribution in [0.15, 0.2) is 21.3 Å². The molecule has 0 aliphatic heterocycles. The van der Waals surface area contributed by atoms with Gasteiger partial charge in [0.05, 0.1) is 16.9 Å². The van der Waals surface area contributed by atoms with E-state index < -0.39 is 5.76 Å². The number of rotatable bonds is 3. The third-order valence-electron chi connectivity index (χ3n) is 4.11. The van der Waals surface area contributed by atoms with Crippen molar-refractivity contribution in [1.82, 2.24) is 4.98 Å². The first-order chi connectivity index (χ1) is 9.06. The van der Waals surface area contributed by atoms with Crippen LogP contribution in [-0.4, -0.2) is 11.5 Å². The fourth-order valence-corrected chi connectivity index (χ4v) is 2.88. The molecule has 0 saturated heterocycles. The molecule has 1 heterocycles. The second-order valence-electron chi connectivity index (χ2n) is 5.82. The number of hydrogen-bond donors (Lipinski definition) is 3. The fourth-order valence-electron chi connectivity index (χ4n) is 2.88. The van der Waals surface area contributed by atoms with Crippen LogP contribution in [0.4, 0.5) is 11.4 Å². The van der Waals surface area contributed by atoms with Crippen LogP contribution >= 0.6 is 0 Å². The van der Waals surface area contributed by atoms with Gasteiger partial charge in [0, 0.05) is 12.6 Å². The van der Waals surface area contributed by atoms with E-state index in [0.29, 0.717) is 22.2 Å². The molecule has 19 heavy (non-hydrogen) atoms. The lowest BCUT2D eigenvalue weighted by Gasteiger charge is -2.24. The van der Waals surface area contributed by atoms with Crippen LogP contribution in [-0.2, 0) is 0 Å². The number of aromatic nitrogens is 1. The SMILES string of the molecule is CC1(CNc2cc3[nH]c(=O)oc3cc2N)CCCC1. The molecule has 4 N–H and O–H groups in total. The summed E-state index contributed by atoms with van der Waals surface area (Å²) in [4.78, 5) is 13.8. The minimum atomic E-state index is -0.450. The standard InChI is InChI=1S/C14H19N3O2/c1-14(4-2-3-5-14)8-16-10-7-11-12(6-9(10)15)19-13(18)17-11/h6-7,16H,2-5,8,15H2,1H3,(H,17,18). The number of nitrogen functional groups attached to an aromatic ring is 1. The van der Waals surface area contributed by atoms with E-state index in [0.717, 1.165) is 12.2 Å². The normalized spacial score (nSPS) is 17.9. The molecule has 0 bridgehead atoms. The van der Waals surface area contributed by atoms with Crippen LogP contribution in [0.3, 0.4) is 0 Å². The summed E-state index contributed by atoms with van der Waals surface area (Å²) in [5, 5.41) is 3.41. The zero-order valence-corrected chi connectivity index (χ0v) is 11.1. The lowest BCUT2D eigenvalue weighted by Crippen LogP contribution is -2.23. The van der Waals surface area contributed by atoms with E-state index in [1.807, 2.05) is 6.07 Å². The Bertz CT molecular complexity index is 650. The third-order valence-corrected chi connectivity index (χ3v) is 4.11. The minimum Gasteiger partial charge on any atom is -0.408 e. The summed E-state index contributed by atoms with van der Waals surface area (Å²) in [6.07, 6.45) is 5.12. The molecule has 1 aromatic carbocycles. The van der Waals surface area contributed by atoms with Crippen molar-refractivity contribution in [1.29, 1.82) is 0 Å². The largest absolute Gasteiger partial charge is 0.417 e. The number of benzene rings is 1. The molecular weight excluding hydrogens is 242 g/mol. The summed E-state index contributed by atoms with van der Waals surface area (Å²) in [6.45, 7) is 3.21. The zero-order chi connectivity index (χ0) is 13.5. The van der Waals surface area contributed by atoms with Crippen molar-refractivity contribution in [3.8, 4) is 0 Å². The number of H-pyrrole nitrogens is 1. The number of anilines is 2. The fraction of sp³-hybridized carbons (Fsp3) is 0.500. The molecule has 2 aromatic rings. The average molecular weight is 261 g/mol. The quantitative estimate of drug-likeness (QED) is 0.742. The van der Waals surface area contributed by atoms with Crippen molar-refractivity contribution in [2.24, 2.45) is 5.41 Å². The highest BCUT2D eigenvalue weighted by atomic mass is 16.4. The highest BCUT2D eigenvalue weighted by molar-refractivity contribution is 5.85. The molecule has 0 atom stereocenters. The summed E-state index contributed by atoms with van der Waals surface area (Å²) in [7, 11) is 0. The summed E-state index contributed by atoms with van der Waals surface area (Å²) in [6, 6.07) is 3.53. The highest BCUT2D eigenvalue weighted by Gasteiger charge is 2.28. The first kappa shape index (κ1) is 12.1. The van der Waals surface area contributed by atoms with Crippen LogP contribution < -0.4 is 16.8 Å². The van der Waals surface area contributed by atoms with Gasteiger partial charge in [0.25, 0.3) is 0 Å². The topological polar surface area (TPSA) is 84.0 Å². The van der Waals surface area contributed by atoms with Gasteiger partial charge in [-0.3, -0.25) is 4.98 Å². The minimum absolute atomic E-state index is 0.352. The Kier molecular flexibility index (Phi) is 2.77. The third kappa shape index (κ3) is 2.32. The number of oxazole rings is 1. The van der Waals surface area contributed by atoms with Crippen LogP contribution in [0, 0.1) is 5.41 Å². The predicted octanol–water partition coefficient (Wildman–Crippen LogP) is 2.70. The molecule has 0 spiro atoms. The van der Waals surface area contributed by atoms with Gasteiger partial charge in [0.1, 0.15) is 0 Å². The Morgan fingerprint density at radius 3 is 2.89 bits per heavy atom. The maximum absolute atomic E-state index is 11.1. The van der Waals surface area contributed by atoms with Crippen molar-refractivity contribution in [2.75, 3.05) is 17.6 Å². The number of aromatic amines is 1. The first-order valence-corrected chi connectivity index (χ1v) is 6.72. The molecule has 1 aliphatic rings. The molecule has 102 valence electrons. The molecule has 5 heteroatoms. The second-order valence-corrected chi connectivity index (χ2v) is 5.82. The van der Waals surface area contributed by atoms with Gasteiger partial charge in [-0.2, -0.15) is 0 Å². The first-order valence-electron chi connectivity index (χ1n) is 6.72. The summed E-state index contributed by atoms with van der Waals surface area (Å²) in [5.74, 6) is -0.450. The van der Waals surface area contributed by atoms with Crippen LogP contribution in [0.25, 0.3) is 11.1 Å². The van der Waals surface area contributed by atoms with Gasteiger partial charge in [0.15, 0.2) is 5.58 Å². The van der Waals surface area contributed by atoms with Crippen molar-refractivity contribution in [3.05, 3.63) is 22.7 Å². The number of hydrogen-bond acceptors (Lipinski definition) is 4. The maximum atomic E-state index is 11.1. The second kappa shape index (κ2) is 4.33. The monoisotopic (exact) mass is 261 g/mol. The van der Waals surface area contributed by atoms with Gasteiger partial charge in [-0.05, 0) is 24.3 Å². The Morgan fingerprint density at radius 2 is 2.16 bits per heavy atom. The Balaban J connectivity index is 1.83. The molecule has 3 rings (SSSR count). The average Bonchev–Trinajstić information content (AvgIpc) is 2.92. The molecule has 0 radical (unpaired) electrons. The zero-order valence-electron chi connectivity index (χ0n) is 11.1. The summed E-state index contributed by atoms with van der Waals surface area (Å²) < 4.78 is 4.98. The Labute approximate surface area is 111 Å². The van der Waals surface area contributed by atoms with E-state index in [4.69, 9.17) is 10.2 Å². The molecule has 1 aromatic heterocycles. The van der Waals surface area contributed by atoms with Gasteiger partial charge in [-0.25, -0.2) is 4.79 Å². The number of nitrogens with two attached hydrogens (primary N) is 1. The predicted molar refractivity (Wildman–Crippen MR) is 76.3 cm³/mol. The summed E-state index contributed by atoms with van der Waals surface area (Å²) >= 11 is 0. The molecular formula is C14H19N3O2. The van der Waals surface area contributed by atoms with E-state index in [1.54, 1.807) is 6.07 Å². The van der Waals surface area contributed by atoms with Gasteiger partial charge in [-0.15, -0.1) is 0 Å². The van der Waals surface area contributed by atoms with E-state index in [-0.39, 0.29) is 0 Å². The van der Waals surface area contributed by atoms with Crippen molar-refractivity contribution in [2.45, 2.75) is 32.6 Å². The lowest BCUT2D eigenvalue weighted by atomic mass is 9.89. The lowest BCUT2D eigenvalue weighted by molar-refractivity contribution is 0.362. The number of fused-ring (bicyclic) bond motifs is 1. The molecule has 1 fully saturated rings. The summed E-state index contributed by atoms with van der Waals surface area (Å²) in [5.41, 5.74) is 8.98. The Hall–Kier alpha value is -1.91. The van der Waals surface area contributed by atoms with Crippen molar-refractivity contribution < 1.29 is 4.42 Å². The molecule has 1 saturated carbocycles. The van der Waals surface area contributed by atoms with Crippen molar-refractivity contribution >= 4 is 22.5 Å². The van der Waals surface area contributed by atoms with E-state index in [1.165, 1.54) is 25.7 Å². The molecule has 5 nitrogen and oxygen atoms in total. The molecule has 0 amide bonds. The van der Waals surface area contributed by atoms with Crippen LogP contribution in [0.5, 0.6) is 0 Å². The van der Waals surface area contributed by atoms with Gasteiger partial charge in [-0.1, -0.05) is 19.8 Å². The maximum Gasteiger partial charge on any atom is 0.417 e. The van der Waals surface area contributed by atoms with Crippen LogP contribution in [0.1, 0.15) is 32.6 Å². The van der Waals surface area contributed by atoms with Crippen molar-refractivity contribution in [3.63, 3.8) is 0 Å². The number of nitrogens with one attached hydrogen (secondary N) is 2. The Morgan fingerprint density at radius 1 is 1.42 bits per heavy atom. The smallest absolute Gasteiger partial charge is 0.408 e. The van der Waals surface area contributed by atoms with E-state index >= 15 is 0 Å². The molecule has 1 aliphatic carbocycles.